The van der Waals surface area contributed by atoms with Gasteiger partial charge >= 0.3 is 0 Å². The summed E-state index contributed by atoms with van der Waals surface area (Å²) >= 11 is 7.38. The number of hydrogen-bond donors (Lipinski definition) is 1. The minimum atomic E-state index is 0.0562. The van der Waals surface area contributed by atoms with E-state index in [9.17, 15) is 4.79 Å². The molecule has 0 aliphatic heterocycles. The van der Waals surface area contributed by atoms with Crippen molar-refractivity contribution in [3.8, 4) is 11.4 Å². The molecule has 7 heteroatoms. The number of aromatic nitrogens is 3. The van der Waals surface area contributed by atoms with E-state index in [0.29, 0.717) is 28.5 Å². The molecule has 1 aliphatic rings. The lowest BCUT2D eigenvalue weighted by atomic mass is 9.87. The predicted molar refractivity (Wildman–Crippen MR) is 111 cm³/mol. The van der Waals surface area contributed by atoms with Crippen LogP contribution in [0.25, 0.3) is 11.4 Å². The number of thioether (sulfide) groups is 1. The molecular weight excluding hydrogens is 380 g/mol. The molecule has 1 aromatic heterocycles. The van der Waals surface area contributed by atoms with Gasteiger partial charge in [-0.25, -0.2) is 0 Å². The van der Waals surface area contributed by atoms with Gasteiger partial charge in [0.05, 0.1) is 5.75 Å². The van der Waals surface area contributed by atoms with E-state index in [1.54, 1.807) is 6.08 Å². The minimum Gasteiger partial charge on any atom is -0.353 e. The smallest absolute Gasteiger partial charge is 0.230 e. The average Bonchev–Trinajstić information content (AvgIpc) is 3.06. The maximum Gasteiger partial charge on any atom is 0.230 e. The molecule has 0 saturated heterocycles. The molecule has 2 aromatic rings. The van der Waals surface area contributed by atoms with Gasteiger partial charge in [-0.15, -0.1) is 16.8 Å². The Hall–Kier alpha value is -1.79. The second-order valence-corrected chi connectivity index (χ2v) is 8.40. The average molecular weight is 405 g/mol. The van der Waals surface area contributed by atoms with Crippen LogP contribution in [-0.2, 0) is 11.3 Å². The lowest BCUT2D eigenvalue weighted by Crippen LogP contribution is -2.38. The fourth-order valence-corrected chi connectivity index (χ4v) is 4.19. The van der Waals surface area contributed by atoms with Crippen molar-refractivity contribution in [3.05, 3.63) is 41.9 Å². The molecule has 144 valence electrons. The monoisotopic (exact) mass is 404 g/mol. The molecule has 3 rings (SSSR count). The number of amides is 1. The number of nitrogens with zero attached hydrogens (tertiary/aromatic N) is 3. The number of allylic oxidation sites excluding steroid dienone is 1. The summed E-state index contributed by atoms with van der Waals surface area (Å²) in [7, 11) is 0. The topological polar surface area (TPSA) is 59.8 Å². The van der Waals surface area contributed by atoms with Crippen molar-refractivity contribution in [2.75, 3.05) is 5.75 Å². The SMILES string of the molecule is C=CCn1c(SCC(=O)NC2CCC(C)CC2)nnc1-c1ccc(Cl)cc1. The molecule has 1 aliphatic carbocycles. The largest absolute Gasteiger partial charge is 0.353 e. The number of hydrogen-bond acceptors (Lipinski definition) is 4. The van der Waals surface area contributed by atoms with Gasteiger partial charge < -0.3 is 5.32 Å². The fraction of sp³-hybridized carbons (Fsp3) is 0.450. The summed E-state index contributed by atoms with van der Waals surface area (Å²) in [5, 5.41) is 13.1. The summed E-state index contributed by atoms with van der Waals surface area (Å²) in [6.07, 6.45) is 6.33. The lowest BCUT2D eigenvalue weighted by molar-refractivity contribution is -0.119. The van der Waals surface area contributed by atoms with Gasteiger partial charge in [0.15, 0.2) is 11.0 Å². The van der Waals surface area contributed by atoms with E-state index in [0.717, 1.165) is 30.1 Å². The van der Waals surface area contributed by atoms with Crippen LogP contribution < -0.4 is 5.32 Å². The lowest BCUT2D eigenvalue weighted by Gasteiger charge is -2.26. The summed E-state index contributed by atoms with van der Waals surface area (Å²) < 4.78 is 1.97. The van der Waals surface area contributed by atoms with E-state index in [-0.39, 0.29) is 5.91 Å². The Morgan fingerprint density at radius 2 is 2.00 bits per heavy atom. The van der Waals surface area contributed by atoms with Gasteiger partial charge in [0.25, 0.3) is 0 Å². The van der Waals surface area contributed by atoms with Crippen LogP contribution in [-0.4, -0.2) is 32.5 Å². The summed E-state index contributed by atoms with van der Waals surface area (Å²) in [6, 6.07) is 7.79. The highest BCUT2D eigenvalue weighted by Gasteiger charge is 2.20. The van der Waals surface area contributed by atoms with Crippen molar-refractivity contribution < 1.29 is 4.79 Å². The highest BCUT2D eigenvalue weighted by molar-refractivity contribution is 7.99. The molecule has 0 unspecified atom stereocenters. The summed E-state index contributed by atoms with van der Waals surface area (Å²) in [5.41, 5.74) is 0.932. The normalized spacial score (nSPS) is 19.6. The first kappa shape index (κ1) is 20.0. The molecule has 1 heterocycles. The van der Waals surface area contributed by atoms with E-state index >= 15 is 0 Å². The summed E-state index contributed by atoms with van der Waals surface area (Å²) in [6.45, 7) is 6.67. The van der Waals surface area contributed by atoms with Gasteiger partial charge in [0.1, 0.15) is 0 Å². The highest BCUT2D eigenvalue weighted by Crippen LogP contribution is 2.26. The third-order valence-corrected chi connectivity index (χ3v) is 6.06. The molecule has 1 aromatic carbocycles. The van der Waals surface area contributed by atoms with Gasteiger partial charge in [-0.2, -0.15) is 0 Å². The Balaban J connectivity index is 1.63. The second-order valence-electron chi connectivity index (χ2n) is 7.03. The van der Waals surface area contributed by atoms with Crippen molar-refractivity contribution in [1.82, 2.24) is 20.1 Å². The van der Waals surface area contributed by atoms with Crippen LogP contribution in [0.1, 0.15) is 32.6 Å². The van der Waals surface area contributed by atoms with Gasteiger partial charge in [-0.3, -0.25) is 9.36 Å². The molecular formula is C20H25ClN4OS. The van der Waals surface area contributed by atoms with Gasteiger partial charge in [0, 0.05) is 23.2 Å². The first-order valence-corrected chi connectivity index (χ1v) is 10.7. The van der Waals surface area contributed by atoms with Crippen LogP contribution in [0.2, 0.25) is 5.02 Å². The molecule has 1 N–H and O–H groups in total. The molecule has 27 heavy (non-hydrogen) atoms. The molecule has 0 radical (unpaired) electrons. The van der Waals surface area contributed by atoms with E-state index in [4.69, 9.17) is 11.6 Å². The van der Waals surface area contributed by atoms with E-state index in [1.165, 1.54) is 24.6 Å². The first-order chi connectivity index (χ1) is 13.1. The van der Waals surface area contributed by atoms with Gasteiger partial charge in [-0.1, -0.05) is 36.4 Å². The van der Waals surface area contributed by atoms with Gasteiger partial charge in [-0.05, 0) is 55.9 Å². The Bertz CT molecular complexity index is 782. The maximum atomic E-state index is 12.3. The fourth-order valence-electron chi connectivity index (χ4n) is 3.31. The summed E-state index contributed by atoms with van der Waals surface area (Å²) in [4.78, 5) is 12.3. The third kappa shape index (κ3) is 5.36. The molecule has 1 amide bonds. The molecule has 0 spiro atoms. The van der Waals surface area contributed by atoms with Crippen molar-refractivity contribution in [1.29, 1.82) is 0 Å². The van der Waals surface area contributed by atoms with Crippen LogP contribution in [0.4, 0.5) is 0 Å². The number of halogens is 1. The zero-order valence-corrected chi connectivity index (χ0v) is 17.1. The number of carbonyl (C=O) groups excluding carboxylic acids is 1. The first-order valence-electron chi connectivity index (χ1n) is 9.29. The Labute approximate surface area is 169 Å². The van der Waals surface area contributed by atoms with E-state index in [2.05, 4.69) is 29.0 Å². The minimum absolute atomic E-state index is 0.0562. The van der Waals surface area contributed by atoms with Gasteiger partial charge in [0.2, 0.25) is 5.91 Å². The van der Waals surface area contributed by atoms with Crippen molar-refractivity contribution in [2.24, 2.45) is 5.92 Å². The van der Waals surface area contributed by atoms with Crippen molar-refractivity contribution in [2.45, 2.75) is 50.4 Å². The quantitative estimate of drug-likeness (QED) is 0.542. The van der Waals surface area contributed by atoms with E-state index in [1.807, 2.05) is 28.8 Å². The second kappa shape index (κ2) is 9.42. The molecule has 1 saturated carbocycles. The van der Waals surface area contributed by atoms with E-state index < -0.39 is 0 Å². The summed E-state index contributed by atoms with van der Waals surface area (Å²) in [5.74, 6) is 1.91. The van der Waals surface area contributed by atoms with Crippen molar-refractivity contribution in [3.63, 3.8) is 0 Å². The molecule has 0 bridgehead atoms. The zero-order chi connectivity index (χ0) is 19.2. The maximum absolute atomic E-state index is 12.3. The number of benzene rings is 1. The highest BCUT2D eigenvalue weighted by atomic mass is 35.5. The number of carbonyl (C=O) groups is 1. The Morgan fingerprint density at radius 3 is 2.67 bits per heavy atom. The Kier molecular flexibility index (Phi) is 6.96. The number of nitrogens with one attached hydrogen (secondary N) is 1. The molecule has 5 nitrogen and oxygen atoms in total. The van der Waals surface area contributed by atoms with Crippen LogP contribution >= 0.6 is 23.4 Å². The van der Waals surface area contributed by atoms with Crippen LogP contribution in [0, 0.1) is 5.92 Å². The standard InChI is InChI=1S/C20H25ClN4OS/c1-3-12-25-19(15-6-8-16(21)9-7-15)23-24-20(25)27-13-18(26)22-17-10-4-14(2)5-11-17/h3,6-9,14,17H,1,4-5,10-13H2,2H3,(H,22,26). The molecule has 1 fully saturated rings. The van der Waals surface area contributed by atoms with Crippen molar-refractivity contribution >= 4 is 29.3 Å². The third-order valence-electron chi connectivity index (χ3n) is 4.84. The molecule has 0 atom stereocenters. The van der Waals surface area contributed by atoms with Crippen LogP contribution in [0.5, 0.6) is 0 Å². The Morgan fingerprint density at radius 1 is 1.30 bits per heavy atom. The zero-order valence-electron chi connectivity index (χ0n) is 15.5. The van der Waals surface area contributed by atoms with Crippen LogP contribution in [0.3, 0.4) is 0 Å². The predicted octanol–water partition coefficient (Wildman–Crippen LogP) is 4.57. The number of rotatable bonds is 7. The van der Waals surface area contributed by atoms with Crippen LogP contribution in [0.15, 0.2) is 42.1 Å².